The predicted molar refractivity (Wildman–Crippen MR) is 65.2 cm³/mol. The number of carbonyl (C=O) groups excluding carboxylic acids is 3. The standard InChI is InChI=1S/C11H10ClN3O3/c12-7-2-1-3-8(4-7)13-9(16)5-15-6-10(17)14-11(15)18/h1-4H,5-6H2,(H,13,16)(H,14,17,18). The fourth-order valence-electron chi connectivity index (χ4n) is 1.55. The van der Waals surface area contributed by atoms with Crippen LogP contribution in [0.25, 0.3) is 0 Å². The molecule has 2 rings (SSSR count). The Bertz CT molecular complexity index is 518. The Morgan fingerprint density at radius 3 is 2.83 bits per heavy atom. The number of imide groups is 1. The van der Waals surface area contributed by atoms with E-state index in [4.69, 9.17) is 11.6 Å². The molecule has 2 N–H and O–H groups in total. The van der Waals surface area contributed by atoms with Crippen molar-refractivity contribution < 1.29 is 14.4 Å². The first-order valence-corrected chi connectivity index (χ1v) is 5.56. The molecule has 0 aliphatic carbocycles. The van der Waals surface area contributed by atoms with Gasteiger partial charge in [0.15, 0.2) is 0 Å². The van der Waals surface area contributed by atoms with Gasteiger partial charge in [-0.05, 0) is 18.2 Å². The number of carbonyl (C=O) groups is 3. The van der Waals surface area contributed by atoms with Gasteiger partial charge in [0.1, 0.15) is 13.1 Å². The molecule has 1 saturated heterocycles. The molecule has 0 radical (unpaired) electrons. The number of nitrogens with zero attached hydrogens (tertiary/aromatic N) is 1. The van der Waals surface area contributed by atoms with Crippen molar-refractivity contribution in [3.63, 3.8) is 0 Å². The van der Waals surface area contributed by atoms with Crippen molar-refractivity contribution in [2.75, 3.05) is 18.4 Å². The van der Waals surface area contributed by atoms with Crippen LogP contribution in [0.4, 0.5) is 10.5 Å². The quantitative estimate of drug-likeness (QED) is 0.796. The highest BCUT2D eigenvalue weighted by atomic mass is 35.5. The topological polar surface area (TPSA) is 78.5 Å². The second-order valence-electron chi connectivity index (χ2n) is 3.77. The highest BCUT2D eigenvalue weighted by Gasteiger charge is 2.28. The summed E-state index contributed by atoms with van der Waals surface area (Å²) in [5, 5.41) is 5.18. The zero-order valence-corrected chi connectivity index (χ0v) is 10.0. The lowest BCUT2D eigenvalue weighted by Gasteiger charge is -2.12. The highest BCUT2D eigenvalue weighted by molar-refractivity contribution is 6.30. The van der Waals surface area contributed by atoms with Crippen molar-refractivity contribution in [3.8, 4) is 0 Å². The maximum atomic E-state index is 11.6. The van der Waals surface area contributed by atoms with Crippen LogP contribution in [-0.4, -0.2) is 35.8 Å². The summed E-state index contributed by atoms with van der Waals surface area (Å²) in [6.07, 6.45) is 0. The van der Waals surface area contributed by atoms with Gasteiger partial charge in [-0.15, -0.1) is 0 Å². The summed E-state index contributed by atoms with van der Waals surface area (Å²) in [4.78, 5) is 34.9. The number of amides is 4. The van der Waals surface area contributed by atoms with Crippen molar-refractivity contribution >= 4 is 35.1 Å². The van der Waals surface area contributed by atoms with Gasteiger partial charge in [-0.2, -0.15) is 0 Å². The molecule has 0 bridgehead atoms. The number of hydrogen-bond acceptors (Lipinski definition) is 3. The first-order chi connectivity index (χ1) is 8.54. The Balaban J connectivity index is 1.93. The van der Waals surface area contributed by atoms with E-state index in [0.717, 1.165) is 4.90 Å². The van der Waals surface area contributed by atoms with Crippen molar-refractivity contribution in [1.29, 1.82) is 0 Å². The van der Waals surface area contributed by atoms with E-state index in [2.05, 4.69) is 10.6 Å². The molecular weight excluding hydrogens is 258 g/mol. The molecule has 1 aliphatic rings. The molecule has 6 nitrogen and oxygen atoms in total. The molecule has 0 spiro atoms. The summed E-state index contributed by atoms with van der Waals surface area (Å²) >= 11 is 5.77. The summed E-state index contributed by atoms with van der Waals surface area (Å²) < 4.78 is 0. The Hall–Kier alpha value is -2.08. The van der Waals surface area contributed by atoms with E-state index in [9.17, 15) is 14.4 Å². The van der Waals surface area contributed by atoms with E-state index >= 15 is 0 Å². The first-order valence-electron chi connectivity index (χ1n) is 5.19. The summed E-state index contributed by atoms with van der Waals surface area (Å²) in [5.41, 5.74) is 0.540. The molecule has 0 aromatic heterocycles. The van der Waals surface area contributed by atoms with Gasteiger partial charge in [0.2, 0.25) is 11.8 Å². The van der Waals surface area contributed by atoms with E-state index < -0.39 is 11.9 Å². The number of hydrogen-bond donors (Lipinski definition) is 2. The number of anilines is 1. The van der Waals surface area contributed by atoms with Crippen LogP contribution in [0.1, 0.15) is 0 Å². The SMILES string of the molecule is O=C1CN(CC(=O)Nc2cccc(Cl)c2)C(=O)N1. The van der Waals surface area contributed by atoms with Gasteiger partial charge in [0.05, 0.1) is 0 Å². The maximum absolute atomic E-state index is 11.6. The van der Waals surface area contributed by atoms with Crippen LogP contribution in [0.2, 0.25) is 5.02 Å². The summed E-state index contributed by atoms with van der Waals surface area (Å²) in [6, 6.07) is 6.10. The first kappa shape index (κ1) is 12.4. The molecule has 0 unspecified atom stereocenters. The van der Waals surface area contributed by atoms with E-state index in [-0.39, 0.29) is 19.0 Å². The fraction of sp³-hybridized carbons (Fsp3) is 0.182. The molecule has 1 heterocycles. The molecule has 7 heteroatoms. The van der Waals surface area contributed by atoms with Crippen molar-refractivity contribution in [2.24, 2.45) is 0 Å². The zero-order chi connectivity index (χ0) is 13.1. The van der Waals surface area contributed by atoms with E-state index in [0.29, 0.717) is 10.7 Å². The molecule has 18 heavy (non-hydrogen) atoms. The second-order valence-corrected chi connectivity index (χ2v) is 4.20. The normalized spacial score (nSPS) is 14.6. The third-order valence-corrected chi connectivity index (χ3v) is 2.55. The Morgan fingerprint density at radius 1 is 1.44 bits per heavy atom. The van der Waals surface area contributed by atoms with Crippen LogP contribution in [0, 0.1) is 0 Å². The summed E-state index contributed by atoms with van der Waals surface area (Å²) in [7, 11) is 0. The molecule has 0 atom stereocenters. The molecular formula is C11H10ClN3O3. The average Bonchev–Trinajstić information content (AvgIpc) is 2.57. The van der Waals surface area contributed by atoms with E-state index in [1.165, 1.54) is 0 Å². The third kappa shape index (κ3) is 2.98. The second kappa shape index (κ2) is 5.05. The largest absolute Gasteiger partial charge is 0.325 e. The number of urea groups is 1. The predicted octanol–water partition coefficient (Wildman–Crippen LogP) is 0.830. The molecule has 1 aromatic rings. The summed E-state index contributed by atoms with van der Waals surface area (Å²) in [5.74, 6) is -0.794. The molecule has 4 amide bonds. The number of halogens is 1. The minimum absolute atomic E-state index is 0.0954. The minimum Gasteiger partial charge on any atom is -0.324 e. The number of rotatable bonds is 3. The van der Waals surface area contributed by atoms with Crippen LogP contribution in [0.15, 0.2) is 24.3 Å². The van der Waals surface area contributed by atoms with Gasteiger partial charge in [0.25, 0.3) is 0 Å². The lowest BCUT2D eigenvalue weighted by atomic mass is 10.3. The number of nitrogens with one attached hydrogen (secondary N) is 2. The molecule has 0 saturated carbocycles. The lowest BCUT2D eigenvalue weighted by molar-refractivity contribution is -0.119. The van der Waals surface area contributed by atoms with Crippen LogP contribution in [0.5, 0.6) is 0 Å². The Morgan fingerprint density at radius 2 is 2.22 bits per heavy atom. The van der Waals surface area contributed by atoms with Crippen LogP contribution < -0.4 is 10.6 Å². The fourth-order valence-corrected chi connectivity index (χ4v) is 1.74. The van der Waals surface area contributed by atoms with E-state index in [1.54, 1.807) is 24.3 Å². The minimum atomic E-state index is -0.554. The van der Waals surface area contributed by atoms with Crippen molar-refractivity contribution in [1.82, 2.24) is 10.2 Å². The number of benzene rings is 1. The van der Waals surface area contributed by atoms with Gasteiger partial charge < -0.3 is 10.2 Å². The van der Waals surface area contributed by atoms with Gasteiger partial charge in [-0.25, -0.2) is 4.79 Å². The van der Waals surface area contributed by atoms with Gasteiger partial charge in [0, 0.05) is 10.7 Å². The van der Waals surface area contributed by atoms with Gasteiger partial charge in [-0.3, -0.25) is 14.9 Å². The van der Waals surface area contributed by atoms with Crippen LogP contribution in [-0.2, 0) is 9.59 Å². The molecule has 1 aromatic carbocycles. The summed E-state index contributed by atoms with van der Waals surface area (Å²) in [6.45, 7) is -0.272. The Kier molecular flexibility index (Phi) is 3.47. The van der Waals surface area contributed by atoms with Crippen molar-refractivity contribution in [2.45, 2.75) is 0 Å². The third-order valence-electron chi connectivity index (χ3n) is 2.31. The van der Waals surface area contributed by atoms with Gasteiger partial charge >= 0.3 is 6.03 Å². The maximum Gasteiger partial charge on any atom is 0.325 e. The van der Waals surface area contributed by atoms with Crippen LogP contribution in [0.3, 0.4) is 0 Å². The lowest BCUT2D eigenvalue weighted by Crippen LogP contribution is -2.35. The van der Waals surface area contributed by atoms with E-state index in [1.807, 2.05) is 0 Å². The molecule has 1 fully saturated rings. The monoisotopic (exact) mass is 267 g/mol. The zero-order valence-electron chi connectivity index (χ0n) is 9.27. The Labute approximate surface area is 108 Å². The van der Waals surface area contributed by atoms with Crippen molar-refractivity contribution in [3.05, 3.63) is 29.3 Å². The van der Waals surface area contributed by atoms with Gasteiger partial charge in [-0.1, -0.05) is 17.7 Å². The molecule has 1 aliphatic heterocycles. The average molecular weight is 268 g/mol. The molecule has 94 valence electrons. The smallest absolute Gasteiger partial charge is 0.324 e. The van der Waals surface area contributed by atoms with Crippen LogP contribution >= 0.6 is 11.6 Å². The highest BCUT2D eigenvalue weighted by Crippen LogP contribution is 2.14.